The molecule has 2 aliphatic heterocycles. The Morgan fingerprint density at radius 3 is 3.06 bits per heavy atom. The summed E-state index contributed by atoms with van der Waals surface area (Å²) in [5, 5.41) is 3.40. The van der Waals surface area contributed by atoms with Crippen LogP contribution in [-0.2, 0) is 0 Å². The summed E-state index contributed by atoms with van der Waals surface area (Å²) in [5.41, 5.74) is 1.26. The maximum Gasteiger partial charge on any atom is 0.289 e. The molecule has 1 aromatic rings. The predicted molar refractivity (Wildman–Crippen MR) is 63.9 cm³/mol. The van der Waals surface area contributed by atoms with Crippen LogP contribution in [0.5, 0.6) is 0 Å². The summed E-state index contributed by atoms with van der Waals surface area (Å²) in [4.78, 5) is 14.2. The van der Waals surface area contributed by atoms with Crippen molar-refractivity contribution in [1.29, 1.82) is 0 Å². The normalized spacial score (nSPS) is 28.2. The number of hydrogen-bond acceptors (Lipinski definition) is 3. The van der Waals surface area contributed by atoms with Crippen LogP contribution in [-0.4, -0.2) is 37.0 Å². The van der Waals surface area contributed by atoms with Gasteiger partial charge in [0.15, 0.2) is 5.76 Å². The van der Waals surface area contributed by atoms with Gasteiger partial charge in [-0.3, -0.25) is 4.79 Å². The van der Waals surface area contributed by atoms with Crippen LogP contribution in [0, 0.1) is 12.3 Å². The molecule has 2 fully saturated rings. The Hall–Kier alpha value is -1.29. The molecule has 3 rings (SSSR count). The Bertz CT molecular complexity index is 432. The van der Waals surface area contributed by atoms with E-state index in [1.54, 1.807) is 6.26 Å². The number of carbonyl (C=O) groups excluding carboxylic acids is 1. The van der Waals surface area contributed by atoms with E-state index in [0.29, 0.717) is 11.2 Å². The second-order valence-corrected chi connectivity index (χ2v) is 5.34. The number of furan rings is 1. The summed E-state index contributed by atoms with van der Waals surface area (Å²) < 4.78 is 5.28. The van der Waals surface area contributed by atoms with Gasteiger partial charge in [-0.1, -0.05) is 0 Å². The summed E-state index contributed by atoms with van der Waals surface area (Å²) >= 11 is 0. The van der Waals surface area contributed by atoms with Crippen LogP contribution in [0.25, 0.3) is 0 Å². The van der Waals surface area contributed by atoms with Crippen molar-refractivity contribution in [3.05, 3.63) is 23.7 Å². The lowest BCUT2D eigenvalue weighted by atomic mass is 9.87. The lowest BCUT2D eigenvalue weighted by Gasteiger charge is -2.22. The highest BCUT2D eigenvalue weighted by atomic mass is 16.3. The molecule has 2 saturated heterocycles. The molecule has 1 unspecified atom stereocenters. The molecular formula is C13H18N2O2. The second kappa shape index (κ2) is 3.88. The summed E-state index contributed by atoms with van der Waals surface area (Å²) in [5.74, 6) is 0.560. The SMILES string of the molecule is Cc1ccoc1C(=O)N1CCC2(CCNC2)C1. The van der Waals surface area contributed by atoms with Gasteiger partial charge in [0.25, 0.3) is 5.91 Å². The van der Waals surface area contributed by atoms with E-state index < -0.39 is 0 Å². The highest BCUT2D eigenvalue weighted by Gasteiger charge is 2.42. The topological polar surface area (TPSA) is 45.5 Å². The number of nitrogens with zero attached hydrogens (tertiary/aromatic N) is 1. The van der Waals surface area contributed by atoms with Gasteiger partial charge >= 0.3 is 0 Å². The third-order valence-corrected chi connectivity index (χ3v) is 4.11. The summed E-state index contributed by atoms with van der Waals surface area (Å²) in [6, 6.07) is 1.84. The standard InChI is InChI=1S/C13H18N2O2/c1-10-2-7-17-11(10)12(16)15-6-4-13(9-15)3-5-14-8-13/h2,7,14H,3-6,8-9H2,1H3. The molecule has 4 nitrogen and oxygen atoms in total. The van der Waals surface area contributed by atoms with E-state index in [9.17, 15) is 4.79 Å². The molecule has 0 saturated carbocycles. The fraction of sp³-hybridized carbons (Fsp3) is 0.615. The van der Waals surface area contributed by atoms with Crippen LogP contribution in [0.4, 0.5) is 0 Å². The molecular weight excluding hydrogens is 216 g/mol. The third-order valence-electron chi connectivity index (χ3n) is 4.11. The first-order valence-electron chi connectivity index (χ1n) is 6.24. The van der Waals surface area contributed by atoms with Crippen molar-refractivity contribution < 1.29 is 9.21 Å². The number of nitrogens with one attached hydrogen (secondary N) is 1. The first-order valence-corrected chi connectivity index (χ1v) is 6.24. The molecule has 3 heterocycles. The molecule has 1 N–H and O–H groups in total. The van der Waals surface area contributed by atoms with E-state index in [2.05, 4.69) is 5.32 Å². The first kappa shape index (κ1) is 10.8. The number of likely N-dealkylation sites (tertiary alicyclic amines) is 1. The summed E-state index contributed by atoms with van der Waals surface area (Å²) in [7, 11) is 0. The molecule has 1 atom stereocenters. The van der Waals surface area contributed by atoms with Gasteiger partial charge in [0.1, 0.15) is 0 Å². The van der Waals surface area contributed by atoms with E-state index >= 15 is 0 Å². The molecule has 92 valence electrons. The molecule has 17 heavy (non-hydrogen) atoms. The fourth-order valence-corrected chi connectivity index (χ4v) is 2.99. The van der Waals surface area contributed by atoms with Gasteiger partial charge in [0.2, 0.25) is 0 Å². The van der Waals surface area contributed by atoms with E-state index in [4.69, 9.17) is 4.42 Å². The van der Waals surface area contributed by atoms with Crippen LogP contribution in [0.15, 0.2) is 16.7 Å². The minimum atomic E-state index is 0.0521. The Morgan fingerprint density at radius 2 is 2.41 bits per heavy atom. The lowest BCUT2D eigenvalue weighted by molar-refractivity contribution is 0.0743. The van der Waals surface area contributed by atoms with Crippen molar-refractivity contribution in [2.45, 2.75) is 19.8 Å². The van der Waals surface area contributed by atoms with Gasteiger partial charge in [-0.05, 0) is 32.4 Å². The zero-order chi connectivity index (χ0) is 11.9. The van der Waals surface area contributed by atoms with Gasteiger partial charge < -0.3 is 14.6 Å². The van der Waals surface area contributed by atoms with Crippen molar-refractivity contribution >= 4 is 5.91 Å². The monoisotopic (exact) mass is 234 g/mol. The van der Waals surface area contributed by atoms with Gasteiger partial charge in [-0.25, -0.2) is 0 Å². The molecule has 0 aromatic carbocycles. The highest BCUT2D eigenvalue weighted by molar-refractivity contribution is 5.93. The average molecular weight is 234 g/mol. The van der Waals surface area contributed by atoms with Crippen molar-refractivity contribution in [1.82, 2.24) is 10.2 Å². The Balaban J connectivity index is 1.75. The minimum Gasteiger partial charge on any atom is -0.459 e. The highest BCUT2D eigenvalue weighted by Crippen LogP contribution is 2.36. The van der Waals surface area contributed by atoms with Crippen molar-refractivity contribution in [3.63, 3.8) is 0 Å². The van der Waals surface area contributed by atoms with Crippen molar-refractivity contribution in [2.24, 2.45) is 5.41 Å². The summed E-state index contributed by atoms with van der Waals surface area (Å²) in [6.45, 7) is 5.79. The van der Waals surface area contributed by atoms with Crippen LogP contribution >= 0.6 is 0 Å². The predicted octanol–water partition coefficient (Wildman–Crippen LogP) is 1.41. The zero-order valence-electron chi connectivity index (χ0n) is 10.2. The lowest BCUT2D eigenvalue weighted by Crippen LogP contribution is -2.33. The summed E-state index contributed by atoms with van der Waals surface area (Å²) in [6.07, 6.45) is 3.89. The average Bonchev–Trinajstić information content (AvgIpc) is 3.02. The maximum absolute atomic E-state index is 12.3. The van der Waals surface area contributed by atoms with E-state index in [1.165, 1.54) is 6.42 Å². The maximum atomic E-state index is 12.3. The minimum absolute atomic E-state index is 0.0521. The fourth-order valence-electron chi connectivity index (χ4n) is 2.99. The van der Waals surface area contributed by atoms with Crippen LogP contribution in [0.1, 0.15) is 29.0 Å². The second-order valence-electron chi connectivity index (χ2n) is 5.34. The molecule has 4 heteroatoms. The Morgan fingerprint density at radius 1 is 1.53 bits per heavy atom. The molecule has 1 amide bonds. The number of rotatable bonds is 1. The third kappa shape index (κ3) is 1.76. The van der Waals surface area contributed by atoms with Crippen LogP contribution in [0.3, 0.4) is 0 Å². The van der Waals surface area contributed by atoms with Gasteiger partial charge in [-0.15, -0.1) is 0 Å². The molecule has 2 aliphatic rings. The van der Waals surface area contributed by atoms with Crippen LogP contribution in [0.2, 0.25) is 0 Å². The number of carbonyl (C=O) groups is 1. The van der Waals surface area contributed by atoms with Gasteiger partial charge in [0.05, 0.1) is 6.26 Å². The van der Waals surface area contributed by atoms with E-state index in [0.717, 1.165) is 38.2 Å². The van der Waals surface area contributed by atoms with Gasteiger partial charge in [0, 0.05) is 30.6 Å². The number of amides is 1. The molecule has 1 spiro atoms. The smallest absolute Gasteiger partial charge is 0.289 e. The Kier molecular flexibility index (Phi) is 2.47. The van der Waals surface area contributed by atoms with Crippen molar-refractivity contribution in [2.75, 3.05) is 26.2 Å². The number of aryl methyl sites for hydroxylation is 1. The molecule has 0 aliphatic carbocycles. The Labute approximate surface area is 101 Å². The quantitative estimate of drug-likeness (QED) is 0.799. The number of hydrogen-bond donors (Lipinski definition) is 1. The largest absolute Gasteiger partial charge is 0.459 e. The zero-order valence-corrected chi connectivity index (χ0v) is 10.2. The van der Waals surface area contributed by atoms with E-state index in [-0.39, 0.29) is 5.91 Å². The first-order chi connectivity index (χ1) is 8.20. The molecule has 0 radical (unpaired) electrons. The van der Waals surface area contributed by atoms with Gasteiger partial charge in [-0.2, -0.15) is 0 Å². The molecule has 0 bridgehead atoms. The molecule has 1 aromatic heterocycles. The van der Waals surface area contributed by atoms with E-state index in [1.807, 2.05) is 17.9 Å². The van der Waals surface area contributed by atoms with Crippen molar-refractivity contribution in [3.8, 4) is 0 Å². The van der Waals surface area contributed by atoms with Crippen LogP contribution < -0.4 is 5.32 Å².